The predicted octanol–water partition coefficient (Wildman–Crippen LogP) is 1.28. The average Bonchev–Trinajstić information content (AvgIpc) is 3.60. The van der Waals surface area contributed by atoms with Crippen LogP contribution >= 0.6 is 0 Å². The van der Waals surface area contributed by atoms with Gasteiger partial charge in [0, 0.05) is 49.9 Å². The lowest BCUT2D eigenvalue weighted by molar-refractivity contribution is 0.108. The smallest absolute Gasteiger partial charge is 0.164 e. The number of aliphatic hydroxyl groups excluding tert-OH is 1. The van der Waals surface area contributed by atoms with E-state index in [-0.39, 0.29) is 6.61 Å². The topological polar surface area (TPSA) is 99.8 Å². The van der Waals surface area contributed by atoms with Gasteiger partial charge in [-0.05, 0) is 38.9 Å². The maximum absolute atomic E-state index is 9.86. The lowest BCUT2D eigenvalue weighted by Crippen LogP contribution is -2.47. The van der Waals surface area contributed by atoms with Crippen LogP contribution in [0.2, 0.25) is 0 Å². The molecule has 8 heteroatoms. The van der Waals surface area contributed by atoms with Gasteiger partial charge in [0.15, 0.2) is 5.82 Å². The lowest BCUT2D eigenvalue weighted by atomic mass is 10.1. The molecule has 1 aliphatic heterocycles. The minimum atomic E-state index is -0.564. The molecule has 1 aliphatic carbocycles. The third-order valence-electron chi connectivity index (χ3n) is 5.81. The Morgan fingerprint density at radius 3 is 2.70 bits per heavy atom. The van der Waals surface area contributed by atoms with Crippen LogP contribution in [0.25, 0.3) is 11.4 Å². The van der Waals surface area contributed by atoms with Crippen LogP contribution in [0, 0.1) is 6.92 Å². The standard InChI is InChI=1S/C22H32N6O2/c1-15-20(23)25-21(16-4-3-5-19(12-16)30-14-18(29)13-24-2)26-22(15)28-10-8-27(9-11-28)17-6-7-17/h3-5,12,17-18,24,29H,6-11,13-14H2,1-2H3,(H2,23,25,26). The van der Waals surface area contributed by atoms with Crippen molar-refractivity contribution in [3.63, 3.8) is 0 Å². The molecule has 0 amide bonds. The first-order valence-corrected chi connectivity index (χ1v) is 10.7. The maximum Gasteiger partial charge on any atom is 0.164 e. The first-order valence-electron chi connectivity index (χ1n) is 10.7. The summed E-state index contributed by atoms with van der Waals surface area (Å²) in [7, 11) is 1.80. The largest absolute Gasteiger partial charge is 0.491 e. The van der Waals surface area contributed by atoms with E-state index in [9.17, 15) is 5.11 Å². The highest BCUT2D eigenvalue weighted by atomic mass is 16.5. The molecule has 2 aliphatic rings. The van der Waals surface area contributed by atoms with Crippen molar-refractivity contribution in [3.8, 4) is 17.1 Å². The van der Waals surface area contributed by atoms with E-state index in [1.165, 1.54) is 12.8 Å². The molecule has 1 saturated carbocycles. The van der Waals surface area contributed by atoms with E-state index >= 15 is 0 Å². The molecule has 1 aromatic carbocycles. The zero-order valence-electron chi connectivity index (χ0n) is 17.8. The second-order valence-corrected chi connectivity index (χ2v) is 8.19. The normalized spacial score (nSPS) is 18.4. The van der Waals surface area contributed by atoms with Crippen molar-refractivity contribution in [3.05, 3.63) is 29.8 Å². The number of hydrogen-bond acceptors (Lipinski definition) is 8. The molecule has 4 N–H and O–H groups in total. The van der Waals surface area contributed by atoms with Gasteiger partial charge in [0.2, 0.25) is 0 Å². The van der Waals surface area contributed by atoms with Crippen molar-refractivity contribution in [2.45, 2.75) is 31.9 Å². The van der Waals surface area contributed by atoms with Gasteiger partial charge in [0.25, 0.3) is 0 Å². The van der Waals surface area contributed by atoms with Gasteiger partial charge in [-0.1, -0.05) is 12.1 Å². The molecule has 2 fully saturated rings. The number of nitrogens with zero attached hydrogens (tertiary/aromatic N) is 4. The molecular formula is C22H32N6O2. The first kappa shape index (κ1) is 20.8. The van der Waals surface area contributed by atoms with E-state index in [1.54, 1.807) is 7.05 Å². The fraction of sp³-hybridized carbons (Fsp3) is 0.545. The van der Waals surface area contributed by atoms with Crippen LogP contribution in [0.5, 0.6) is 5.75 Å². The number of nitrogen functional groups attached to an aromatic ring is 1. The Hall–Kier alpha value is -2.42. The molecule has 2 aromatic rings. The van der Waals surface area contributed by atoms with Crippen molar-refractivity contribution in [1.82, 2.24) is 20.2 Å². The number of piperazine rings is 1. The van der Waals surface area contributed by atoms with Crippen LogP contribution in [0.4, 0.5) is 11.6 Å². The Balaban J connectivity index is 1.51. The van der Waals surface area contributed by atoms with Crippen LogP contribution in [-0.2, 0) is 0 Å². The van der Waals surface area contributed by atoms with Crippen molar-refractivity contribution in [2.75, 3.05) is 57.0 Å². The highest BCUT2D eigenvalue weighted by Crippen LogP contribution is 2.31. The van der Waals surface area contributed by atoms with Crippen LogP contribution < -0.4 is 20.7 Å². The molecule has 0 bridgehead atoms. The van der Waals surface area contributed by atoms with Gasteiger partial charge in [-0.15, -0.1) is 0 Å². The summed E-state index contributed by atoms with van der Waals surface area (Å²) in [4.78, 5) is 14.3. The summed E-state index contributed by atoms with van der Waals surface area (Å²) in [6, 6.07) is 8.42. The fourth-order valence-corrected chi connectivity index (χ4v) is 3.91. The van der Waals surface area contributed by atoms with Crippen LogP contribution in [0.15, 0.2) is 24.3 Å². The number of likely N-dealkylation sites (N-methyl/N-ethyl adjacent to an activating group) is 1. The fourth-order valence-electron chi connectivity index (χ4n) is 3.91. The maximum atomic E-state index is 9.86. The van der Waals surface area contributed by atoms with E-state index in [0.717, 1.165) is 49.2 Å². The number of aliphatic hydroxyl groups is 1. The second kappa shape index (κ2) is 9.16. The minimum absolute atomic E-state index is 0.220. The van der Waals surface area contributed by atoms with E-state index in [1.807, 2.05) is 31.2 Å². The molecule has 1 aromatic heterocycles. The first-order chi connectivity index (χ1) is 14.5. The third kappa shape index (κ3) is 4.83. The molecule has 30 heavy (non-hydrogen) atoms. The van der Waals surface area contributed by atoms with Gasteiger partial charge < -0.3 is 25.8 Å². The Labute approximate surface area is 178 Å². The van der Waals surface area contributed by atoms with Gasteiger partial charge in [0.1, 0.15) is 30.1 Å². The minimum Gasteiger partial charge on any atom is -0.491 e. The van der Waals surface area contributed by atoms with Crippen molar-refractivity contribution in [1.29, 1.82) is 0 Å². The monoisotopic (exact) mass is 412 g/mol. The van der Waals surface area contributed by atoms with E-state index < -0.39 is 6.10 Å². The SMILES string of the molecule is CNCC(O)COc1cccc(-c2nc(N)c(C)c(N3CCN(C4CC4)CC3)n2)c1. The summed E-state index contributed by atoms with van der Waals surface area (Å²) in [6.07, 6.45) is 2.12. The van der Waals surface area contributed by atoms with Gasteiger partial charge in [-0.2, -0.15) is 0 Å². The zero-order valence-corrected chi connectivity index (χ0v) is 17.8. The zero-order chi connectivity index (χ0) is 21.1. The summed E-state index contributed by atoms with van der Waals surface area (Å²) < 4.78 is 5.73. The Morgan fingerprint density at radius 1 is 1.23 bits per heavy atom. The summed E-state index contributed by atoms with van der Waals surface area (Å²) >= 11 is 0. The number of ether oxygens (including phenoxy) is 1. The van der Waals surface area contributed by atoms with Crippen molar-refractivity contribution < 1.29 is 9.84 Å². The third-order valence-corrected chi connectivity index (χ3v) is 5.81. The molecule has 2 heterocycles. The molecule has 0 radical (unpaired) electrons. The Morgan fingerprint density at radius 2 is 2.00 bits per heavy atom. The molecular weight excluding hydrogens is 380 g/mol. The van der Waals surface area contributed by atoms with Crippen LogP contribution in [0.3, 0.4) is 0 Å². The molecule has 0 spiro atoms. The molecule has 4 rings (SSSR count). The number of benzene rings is 1. The highest BCUT2D eigenvalue weighted by molar-refractivity contribution is 5.66. The number of hydrogen-bond donors (Lipinski definition) is 3. The number of aromatic nitrogens is 2. The van der Waals surface area contributed by atoms with E-state index in [2.05, 4.69) is 20.1 Å². The summed E-state index contributed by atoms with van der Waals surface area (Å²) in [5, 5.41) is 12.8. The summed E-state index contributed by atoms with van der Waals surface area (Å²) in [5.41, 5.74) is 8.04. The van der Waals surface area contributed by atoms with Gasteiger partial charge in [0.05, 0.1) is 0 Å². The molecule has 1 atom stereocenters. The summed E-state index contributed by atoms with van der Waals surface area (Å²) in [5.74, 6) is 2.70. The van der Waals surface area contributed by atoms with Crippen LogP contribution in [-0.4, -0.2) is 78.5 Å². The van der Waals surface area contributed by atoms with E-state index in [0.29, 0.717) is 23.9 Å². The Kier molecular flexibility index (Phi) is 6.36. The molecule has 1 saturated heterocycles. The van der Waals surface area contributed by atoms with E-state index in [4.69, 9.17) is 15.5 Å². The highest BCUT2D eigenvalue weighted by Gasteiger charge is 2.32. The van der Waals surface area contributed by atoms with Gasteiger partial charge in [-0.3, -0.25) is 4.90 Å². The number of nitrogens with two attached hydrogens (primary N) is 1. The van der Waals surface area contributed by atoms with Crippen molar-refractivity contribution >= 4 is 11.6 Å². The molecule has 162 valence electrons. The predicted molar refractivity (Wildman–Crippen MR) is 119 cm³/mol. The van der Waals surface area contributed by atoms with Gasteiger partial charge in [-0.25, -0.2) is 9.97 Å². The second-order valence-electron chi connectivity index (χ2n) is 8.19. The van der Waals surface area contributed by atoms with Crippen LogP contribution in [0.1, 0.15) is 18.4 Å². The number of anilines is 2. The van der Waals surface area contributed by atoms with Gasteiger partial charge >= 0.3 is 0 Å². The molecule has 8 nitrogen and oxygen atoms in total. The quantitative estimate of drug-likeness (QED) is 0.596. The average molecular weight is 413 g/mol. The lowest BCUT2D eigenvalue weighted by Gasteiger charge is -2.36. The molecule has 1 unspecified atom stereocenters. The number of nitrogens with one attached hydrogen (secondary N) is 1. The Bertz CT molecular complexity index is 865. The van der Waals surface area contributed by atoms with Crippen molar-refractivity contribution in [2.24, 2.45) is 0 Å². The summed E-state index contributed by atoms with van der Waals surface area (Å²) in [6.45, 7) is 6.75. The number of rotatable bonds is 8.